The van der Waals surface area contributed by atoms with Gasteiger partial charge in [0, 0.05) is 49.5 Å². The molecule has 0 aliphatic carbocycles. The Balaban J connectivity index is 1.23. The van der Waals surface area contributed by atoms with Crippen LogP contribution in [-0.4, -0.2) is 88.0 Å². The number of nitrogens with one attached hydrogen (secondary N) is 7. The third kappa shape index (κ3) is 11.3. The van der Waals surface area contributed by atoms with Crippen LogP contribution in [0, 0.1) is 0 Å². The number of carbonyl (C=O) groups is 1. The Morgan fingerprint density at radius 1 is 0.565 bits per heavy atom. The van der Waals surface area contributed by atoms with Crippen molar-refractivity contribution in [2.75, 3.05) is 53.0 Å². The van der Waals surface area contributed by atoms with Crippen molar-refractivity contribution in [1.29, 1.82) is 0 Å². The predicted molar refractivity (Wildman–Crippen MR) is 233 cm³/mol. The van der Waals surface area contributed by atoms with E-state index >= 15 is 0 Å². The number of carbonyl (C=O) groups excluding carboxylic acids is 1. The largest absolute Gasteiger partial charge is 0.372 e. The van der Waals surface area contributed by atoms with E-state index in [1.54, 1.807) is 62.6 Å². The van der Waals surface area contributed by atoms with Crippen molar-refractivity contribution < 1.29 is 35.8 Å². The first kappa shape index (κ1) is 44.2. The average molecular weight is 885 g/mol. The molecule has 1 atom stereocenters. The molecule has 0 bridgehead atoms. The summed E-state index contributed by atoms with van der Waals surface area (Å²) in [5.74, 6) is 0.230. The van der Waals surface area contributed by atoms with Crippen molar-refractivity contribution in [3.63, 3.8) is 0 Å². The van der Waals surface area contributed by atoms with Gasteiger partial charge in [0.1, 0.15) is 15.5 Å². The fraction of sp³-hybridized carbons (Fsp3) is 0.132. The highest BCUT2D eigenvalue weighted by Crippen LogP contribution is 2.29. The normalized spacial score (nSPS) is 12.6. The van der Waals surface area contributed by atoms with Crippen molar-refractivity contribution in [2.45, 2.75) is 22.4 Å². The third-order valence-electron chi connectivity index (χ3n) is 8.61. The molecule has 0 saturated carbocycles. The molecule has 0 aliphatic heterocycles. The zero-order chi connectivity index (χ0) is 44.8. The fourth-order valence-corrected chi connectivity index (χ4v) is 7.00. The molecule has 24 heteroatoms. The van der Waals surface area contributed by atoms with Gasteiger partial charge >= 0.3 is 0 Å². The first-order chi connectivity index (χ1) is 29.3. The summed E-state index contributed by atoms with van der Waals surface area (Å²) in [4.78, 5) is 36.5. The molecule has 1 amide bonds. The van der Waals surface area contributed by atoms with E-state index < -0.39 is 35.8 Å². The lowest BCUT2D eigenvalue weighted by Gasteiger charge is -2.18. The smallest absolute Gasteiger partial charge is 0.295 e. The fourth-order valence-electron chi connectivity index (χ4n) is 5.58. The molecule has 322 valence electrons. The second kappa shape index (κ2) is 18.1. The quantitative estimate of drug-likeness (QED) is 0.0367. The van der Waals surface area contributed by atoms with Gasteiger partial charge in [-0.25, -0.2) is 0 Å². The van der Waals surface area contributed by atoms with Gasteiger partial charge < -0.3 is 48.1 Å². The molecule has 62 heavy (non-hydrogen) atoms. The number of anilines is 10. The Bertz CT molecular complexity index is 2880. The van der Waals surface area contributed by atoms with E-state index in [1.807, 2.05) is 0 Å². The van der Waals surface area contributed by atoms with E-state index in [1.165, 1.54) is 50.4 Å². The summed E-state index contributed by atoms with van der Waals surface area (Å²) in [5.41, 5.74) is 6.47. The molecular formula is C38H40N14O8S2. The molecule has 4 aromatic carbocycles. The van der Waals surface area contributed by atoms with Crippen LogP contribution in [0.4, 0.5) is 58.4 Å². The molecule has 22 nitrogen and oxygen atoms in total. The van der Waals surface area contributed by atoms with Crippen LogP contribution in [0.2, 0.25) is 0 Å². The standard InChI is InChI=1S/C38H40N14O8S2/c1-38(39,54)24-11-17-26(18-12-24)44-35-48-33(42-4)50-37(52-35)46-28-16-8-22(30(20-28)62(58,59)60)6-5-21-7-15-27(19-29(21)61(55,56)57)45-36-49-32(41-3)47-34(51-36)43-25-13-9-23(10-14-25)31(53)40-2/h5-20,54H,39H2,1-4H3,(H,40,53)(H,55,56,57)(H,58,59,60)(H3,41,43,45,47,49,51)(H3,42,44,46,48,50,52)/b6-5+. The van der Waals surface area contributed by atoms with Crippen molar-refractivity contribution in [3.8, 4) is 0 Å². The van der Waals surface area contributed by atoms with Crippen LogP contribution in [0.25, 0.3) is 12.2 Å². The van der Waals surface area contributed by atoms with Crippen molar-refractivity contribution in [2.24, 2.45) is 5.73 Å². The lowest BCUT2D eigenvalue weighted by atomic mass is 10.1. The van der Waals surface area contributed by atoms with Crippen molar-refractivity contribution >= 4 is 96.7 Å². The van der Waals surface area contributed by atoms with Crippen molar-refractivity contribution in [1.82, 2.24) is 35.2 Å². The van der Waals surface area contributed by atoms with Gasteiger partial charge in [-0.3, -0.25) is 13.9 Å². The first-order valence-corrected chi connectivity index (χ1v) is 21.0. The summed E-state index contributed by atoms with van der Waals surface area (Å²) in [5, 5.41) is 30.0. The highest BCUT2D eigenvalue weighted by molar-refractivity contribution is 7.86. The Kier molecular flexibility index (Phi) is 12.9. The van der Waals surface area contributed by atoms with Gasteiger partial charge in [0.15, 0.2) is 0 Å². The molecule has 0 radical (unpaired) electrons. The Labute approximate surface area is 355 Å². The van der Waals surface area contributed by atoms with E-state index in [9.17, 15) is 35.8 Å². The first-order valence-electron chi connectivity index (χ1n) is 18.1. The van der Waals surface area contributed by atoms with Gasteiger partial charge in [-0.2, -0.15) is 46.7 Å². The molecule has 12 N–H and O–H groups in total. The van der Waals surface area contributed by atoms with Gasteiger partial charge in [-0.1, -0.05) is 36.4 Å². The van der Waals surface area contributed by atoms with E-state index in [0.29, 0.717) is 22.5 Å². The molecule has 0 aliphatic rings. The zero-order valence-corrected chi connectivity index (χ0v) is 34.8. The third-order valence-corrected chi connectivity index (χ3v) is 10.4. The van der Waals surface area contributed by atoms with E-state index in [4.69, 9.17) is 5.73 Å². The minimum atomic E-state index is -4.86. The van der Waals surface area contributed by atoms with Gasteiger partial charge in [0.2, 0.25) is 35.7 Å². The summed E-state index contributed by atoms with van der Waals surface area (Å²) in [6, 6.07) is 21.0. The predicted octanol–water partition coefficient (Wildman–Crippen LogP) is 4.26. The maximum absolute atomic E-state index is 12.6. The molecule has 0 fully saturated rings. The van der Waals surface area contributed by atoms with Crippen LogP contribution < -0.4 is 43.0 Å². The second-order valence-electron chi connectivity index (χ2n) is 13.3. The van der Waals surface area contributed by atoms with Crippen LogP contribution in [-0.2, 0) is 26.0 Å². The number of amides is 1. The maximum Gasteiger partial charge on any atom is 0.295 e. The lowest BCUT2D eigenvalue weighted by Crippen LogP contribution is -2.32. The number of rotatable bonds is 16. The minimum Gasteiger partial charge on any atom is -0.372 e. The van der Waals surface area contributed by atoms with E-state index in [-0.39, 0.29) is 64.1 Å². The Hall–Kier alpha value is -7.35. The molecule has 6 rings (SSSR count). The summed E-state index contributed by atoms with van der Waals surface area (Å²) in [6.45, 7) is 1.45. The molecule has 2 aromatic heterocycles. The van der Waals surface area contributed by atoms with Crippen molar-refractivity contribution in [3.05, 3.63) is 107 Å². The highest BCUT2D eigenvalue weighted by atomic mass is 32.2. The van der Waals surface area contributed by atoms with Crippen LogP contribution in [0.5, 0.6) is 0 Å². The molecule has 6 aromatic rings. The van der Waals surface area contributed by atoms with E-state index in [2.05, 4.69) is 67.1 Å². The summed E-state index contributed by atoms with van der Waals surface area (Å²) < 4.78 is 70.8. The van der Waals surface area contributed by atoms with Gasteiger partial charge in [-0.05, 0) is 84.3 Å². The molecule has 0 spiro atoms. The number of benzene rings is 4. The summed E-state index contributed by atoms with van der Waals surface area (Å²) in [6.07, 6.45) is 2.49. The lowest BCUT2D eigenvalue weighted by molar-refractivity contribution is 0.0647. The monoisotopic (exact) mass is 884 g/mol. The zero-order valence-electron chi connectivity index (χ0n) is 33.2. The highest BCUT2D eigenvalue weighted by Gasteiger charge is 2.20. The maximum atomic E-state index is 12.6. The number of nitrogens with two attached hydrogens (primary N) is 1. The van der Waals surface area contributed by atoms with Gasteiger partial charge in [0.05, 0.1) is 0 Å². The Morgan fingerprint density at radius 3 is 1.24 bits per heavy atom. The van der Waals surface area contributed by atoms with Crippen LogP contribution in [0.1, 0.15) is 34.0 Å². The van der Waals surface area contributed by atoms with Crippen LogP contribution >= 0.6 is 0 Å². The molecular weight excluding hydrogens is 845 g/mol. The number of hydrogen-bond donors (Lipinski definition) is 11. The van der Waals surface area contributed by atoms with E-state index in [0.717, 1.165) is 12.1 Å². The molecule has 1 unspecified atom stereocenters. The molecule has 0 saturated heterocycles. The van der Waals surface area contributed by atoms with Crippen LogP contribution in [0.15, 0.2) is 94.7 Å². The number of aromatic nitrogens is 6. The second-order valence-corrected chi connectivity index (χ2v) is 16.1. The number of aliphatic hydroxyl groups is 1. The van der Waals surface area contributed by atoms with Gasteiger partial charge in [0.25, 0.3) is 26.1 Å². The topological polar surface area (TPSA) is 334 Å². The van der Waals surface area contributed by atoms with Crippen LogP contribution in [0.3, 0.4) is 0 Å². The number of nitrogens with zero attached hydrogens (tertiary/aromatic N) is 6. The average Bonchev–Trinajstić information content (AvgIpc) is 3.22. The number of hydrogen-bond acceptors (Lipinski definition) is 19. The minimum absolute atomic E-state index is 0.00890. The Morgan fingerprint density at radius 2 is 0.903 bits per heavy atom. The molecule has 2 heterocycles. The summed E-state index contributed by atoms with van der Waals surface area (Å²) in [7, 11) is -5.04. The summed E-state index contributed by atoms with van der Waals surface area (Å²) >= 11 is 0. The SMILES string of the molecule is CNC(=O)c1ccc(Nc2nc(NC)nc(Nc3ccc(/C=C/c4ccc(Nc5nc(NC)nc(Nc6ccc(C(C)(N)O)cc6)n5)cc4S(=O)(=O)O)c(S(=O)(=O)O)c3)n2)cc1. The van der Waals surface area contributed by atoms with Gasteiger partial charge in [-0.15, -0.1) is 0 Å².